The number of carbonyl (C=O) groups is 1. The van der Waals surface area contributed by atoms with Gasteiger partial charge in [0.2, 0.25) is 11.9 Å². The van der Waals surface area contributed by atoms with Crippen molar-refractivity contribution in [2.75, 3.05) is 18.8 Å². The minimum Gasteiger partial charge on any atom is -0.369 e. The third-order valence-electron chi connectivity index (χ3n) is 4.00. The summed E-state index contributed by atoms with van der Waals surface area (Å²) in [4.78, 5) is 18.6. The zero-order chi connectivity index (χ0) is 14.8. The molecule has 0 spiro atoms. The molecule has 1 fully saturated rings. The number of nitrogens with two attached hydrogens (primary N) is 1. The zero-order valence-electron chi connectivity index (χ0n) is 11.9. The lowest BCUT2D eigenvalue weighted by Gasteiger charge is -2.26. The molecule has 0 radical (unpaired) electrons. The molecule has 1 aliphatic rings. The minimum absolute atomic E-state index is 0.214. The van der Waals surface area contributed by atoms with Gasteiger partial charge in [-0.3, -0.25) is 4.79 Å². The van der Waals surface area contributed by atoms with E-state index in [4.69, 9.17) is 5.73 Å². The molecule has 1 aromatic heterocycles. The maximum absolute atomic E-state index is 12.2. The molecule has 0 aliphatic carbocycles. The second-order valence-electron chi connectivity index (χ2n) is 5.45. The highest BCUT2D eigenvalue weighted by Gasteiger charge is 2.17. The van der Waals surface area contributed by atoms with Crippen molar-refractivity contribution in [3.8, 4) is 0 Å². The van der Waals surface area contributed by atoms with Crippen LogP contribution in [0.15, 0.2) is 22.7 Å². The van der Waals surface area contributed by atoms with E-state index >= 15 is 0 Å². The molecule has 1 aromatic carbocycles. The van der Waals surface area contributed by atoms with E-state index in [0.29, 0.717) is 18.9 Å². The molecule has 5 nitrogen and oxygen atoms in total. The fourth-order valence-corrected chi connectivity index (χ4v) is 3.21. The predicted octanol–water partition coefficient (Wildman–Crippen LogP) is 2.78. The van der Waals surface area contributed by atoms with Crippen LogP contribution < -0.4 is 5.73 Å². The molecule has 0 saturated carbocycles. The summed E-state index contributed by atoms with van der Waals surface area (Å²) < 4.78 is 2.90. The number of nitrogen functional groups attached to an aromatic ring is 1. The van der Waals surface area contributed by atoms with Crippen LogP contribution in [-0.4, -0.2) is 33.4 Å². The summed E-state index contributed by atoms with van der Waals surface area (Å²) in [5, 5.41) is 0. The fraction of sp³-hybridized carbons (Fsp3) is 0.467. The van der Waals surface area contributed by atoms with Crippen LogP contribution in [0.25, 0.3) is 11.0 Å². The summed E-state index contributed by atoms with van der Waals surface area (Å²) in [5.74, 6) is 0.681. The number of halogens is 1. The number of piperidine rings is 1. The third-order valence-corrected chi connectivity index (χ3v) is 4.49. The van der Waals surface area contributed by atoms with Crippen LogP contribution >= 0.6 is 15.9 Å². The summed E-state index contributed by atoms with van der Waals surface area (Å²) >= 11 is 3.46. The van der Waals surface area contributed by atoms with E-state index in [1.54, 1.807) is 0 Å². The molecule has 0 atom stereocenters. The van der Waals surface area contributed by atoms with Crippen LogP contribution in [-0.2, 0) is 11.3 Å². The van der Waals surface area contributed by atoms with Gasteiger partial charge in [-0.1, -0.05) is 15.9 Å². The second-order valence-corrected chi connectivity index (χ2v) is 6.36. The van der Waals surface area contributed by atoms with E-state index in [-0.39, 0.29) is 5.91 Å². The van der Waals surface area contributed by atoms with Gasteiger partial charge < -0.3 is 15.2 Å². The maximum atomic E-state index is 12.2. The molecule has 2 N–H and O–H groups in total. The third kappa shape index (κ3) is 3.05. The first kappa shape index (κ1) is 14.4. The van der Waals surface area contributed by atoms with Crippen LogP contribution in [0.5, 0.6) is 0 Å². The Morgan fingerprint density at radius 2 is 2.05 bits per heavy atom. The fourth-order valence-electron chi connectivity index (χ4n) is 2.86. The highest BCUT2D eigenvalue weighted by Crippen LogP contribution is 2.22. The Labute approximate surface area is 132 Å². The predicted molar refractivity (Wildman–Crippen MR) is 86.9 cm³/mol. The van der Waals surface area contributed by atoms with Crippen molar-refractivity contribution in [2.24, 2.45) is 0 Å². The number of amides is 1. The van der Waals surface area contributed by atoms with Crippen LogP contribution in [0, 0.1) is 0 Å². The number of nitrogens with zero attached hydrogens (tertiary/aromatic N) is 3. The Morgan fingerprint density at radius 1 is 1.29 bits per heavy atom. The van der Waals surface area contributed by atoms with Gasteiger partial charge in [0.15, 0.2) is 0 Å². The van der Waals surface area contributed by atoms with Gasteiger partial charge in [-0.2, -0.15) is 0 Å². The van der Waals surface area contributed by atoms with Crippen molar-refractivity contribution in [2.45, 2.75) is 32.2 Å². The quantitative estimate of drug-likeness (QED) is 0.925. The molecule has 112 valence electrons. The van der Waals surface area contributed by atoms with Gasteiger partial charge in [0.05, 0.1) is 11.0 Å². The van der Waals surface area contributed by atoms with Gasteiger partial charge in [0.1, 0.15) is 0 Å². The number of carbonyl (C=O) groups excluding carboxylic acids is 1. The molecular weight excluding hydrogens is 332 g/mol. The Hall–Kier alpha value is -1.56. The number of rotatable bonds is 3. The monoisotopic (exact) mass is 350 g/mol. The number of hydrogen-bond acceptors (Lipinski definition) is 3. The minimum atomic E-state index is 0.214. The average Bonchev–Trinajstić information content (AvgIpc) is 2.80. The van der Waals surface area contributed by atoms with Gasteiger partial charge in [-0.15, -0.1) is 0 Å². The maximum Gasteiger partial charge on any atom is 0.224 e. The van der Waals surface area contributed by atoms with Gasteiger partial charge in [-0.25, -0.2) is 4.98 Å². The Bertz CT molecular complexity index is 661. The van der Waals surface area contributed by atoms with Crippen LogP contribution in [0.4, 0.5) is 5.95 Å². The summed E-state index contributed by atoms with van der Waals surface area (Å²) in [6.07, 6.45) is 3.95. The van der Waals surface area contributed by atoms with E-state index in [9.17, 15) is 4.79 Å². The first-order valence-corrected chi connectivity index (χ1v) is 8.13. The molecule has 1 saturated heterocycles. The lowest BCUT2D eigenvalue weighted by atomic mass is 10.1. The molecule has 2 aromatic rings. The van der Waals surface area contributed by atoms with Crippen molar-refractivity contribution >= 4 is 38.8 Å². The molecule has 1 aliphatic heterocycles. The van der Waals surface area contributed by atoms with E-state index in [0.717, 1.165) is 41.4 Å². The molecule has 21 heavy (non-hydrogen) atoms. The van der Waals surface area contributed by atoms with Crippen molar-refractivity contribution in [3.63, 3.8) is 0 Å². The van der Waals surface area contributed by atoms with Crippen molar-refractivity contribution in [3.05, 3.63) is 22.7 Å². The van der Waals surface area contributed by atoms with Crippen molar-refractivity contribution < 1.29 is 4.79 Å². The zero-order valence-corrected chi connectivity index (χ0v) is 13.5. The second kappa shape index (κ2) is 6.05. The van der Waals surface area contributed by atoms with Crippen LogP contribution in [0.1, 0.15) is 25.7 Å². The molecule has 3 rings (SSSR count). The molecule has 2 heterocycles. The highest BCUT2D eigenvalue weighted by atomic mass is 79.9. The number of benzene rings is 1. The van der Waals surface area contributed by atoms with E-state index < -0.39 is 0 Å². The lowest BCUT2D eigenvalue weighted by Crippen LogP contribution is -2.36. The van der Waals surface area contributed by atoms with Gasteiger partial charge >= 0.3 is 0 Å². The molecule has 0 bridgehead atoms. The normalized spacial score (nSPS) is 15.6. The number of anilines is 1. The summed E-state index contributed by atoms with van der Waals surface area (Å²) in [5.41, 5.74) is 7.81. The lowest BCUT2D eigenvalue weighted by molar-refractivity contribution is -0.132. The number of imidazole rings is 1. The first-order chi connectivity index (χ1) is 10.1. The smallest absolute Gasteiger partial charge is 0.224 e. The topological polar surface area (TPSA) is 64.1 Å². The van der Waals surface area contributed by atoms with Crippen LogP contribution in [0.2, 0.25) is 0 Å². The number of aromatic nitrogens is 2. The molecule has 6 heteroatoms. The van der Waals surface area contributed by atoms with Gasteiger partial charge in [-0.05, 0) is 37.5 Å². The van der Waals surface area contributed by atoms with Gasteiger partial charge in [0, 0.05) is 30.5 Å². The number of hydrogen-bond donors (Lipinski definition) is 1. The molecular formula is C15H19BrN4O. The summed E-state index contributed by atoms with van der Waals surface area (Å²) in [6.45, 7) is 2.36. The van der Waals surface area contributed by atoms with E-state index in [1.807, 2.05) is 27.7 Å². The van der Waals surface area contributed by atoms with Crippen LogP contribution in [0.3, 0.4) is 0 Å². The van der Waals surface area contributed by atoms with Crippen molar-refractivity contribution in [1.29, 1.82) is 0 Å². The Kier molecular flexibility index (Phi) is 4.14. The molecule has 0 unspecified atom stereocenters. The Balaban J connectivity index is 1.74. The van der Waals surface area contributed by atoms with Crippen molar-refractivity contribution in [1.82, 2.24) is 14.5 Å². The number of fused-ring (bicyclic) bond motifs is 1. The number of likely N-dealkylation sites (tertiary alicyclic amines) is 1. The SMILES string of the molecule is Nc1nc2ccc(Br)cc2n1CCC(=O)N1CCCCC1. The van der Waals surface area contributed by atoms with E-state index in [2.05, 4.69) is 20.9 Å². The highest BCUT2D eigenvalue weighted by molar-refractivity contribution is 9.10. The standard InChI is InChI=1S/C15H19BrN4O/c16-11-4-5-12-13(10-11)20(15(17)18-12)9-6-14(21)19-7-2-1-3-8-19/h4-5,10H,1-3,6-9H2,(H2,17,18). The Morgan fingerprint density at radius 3 is 2.81 bits per heavy atom. The van der Waals surface area contributed by atoms with E-state index in [1.165, 1.54) is 6.42 Å². The summed E-state index contributed by atoms with van der Waals surface area (Å²) in [6, 6.07) is 5.86. The van der Waals surface area contributed by atoms with Gasteiger partial charge in [0.25, 0.3) is 0 Å². The largest absolute Gasteiger partial charge is 0.369 e. The average molecular weight is 351 g/mol. The first-order valence-electron chi connectivity index (χ1n) is 7.34. The summed E-state index contributed by atoms with van der Waals surface area (Å²) in [7, 11) is 0. The molecule has 1 amide bonds. The number of aryl methyl sites for hydroxylation is 1.